The number of hydrogen-bond donors (Lipinski definition) is 0. The fourth-order valence-electron chi connectivity index (χ4n) is 6.16. The van der Waals surface area contributed by atoms with Crippen LogP contribution in [0, 0.1) is 6.92 Å². The molecule has 0 amide bonds. The average molecular weight is 659 g/mol. The van der Waals surface area contributed by atoms with Crippen molar-refractivity contribution in [3.8, 4) is 28.4 Å². The molecule has 0 saturated heterocycles. The van der Waals surface area contributed by atoms with Crippen molar-refractivity contribution in [3.63, 3.8) is 0 Å². The molecule has 0 radical (unpaired) electrons. The molecule has 6 aromatic carbocycles. The molecular formula is C40H36O5P2. The lowest BCUT2D eigenvalue weighted by atomic mass is 10.0. The number of benzene rings is 6. The molecule has 6 rings (SSSR count). The molecule has 236 valence electrons. The van der Waals surface area contributed by atoms with Gasteiger partial charge in [0.15, 0.2) is 14.3 Å². The third-order valence-corrected chi connectivity index (χ3v) is 14.5. The quantitative estimate of drug-likeness (QED) is 0.149. The summed E-state index contributed by atoms with van der Waals surface area (Å²) in [6, 6.07) is 45.4. The molecule has 0 bridgehead atoms. The third-order valence-electron chi connectivity index (χ3n) is 8.36. The molecule has 0 aromatic heterocycles. The van der Waals surface area contributed by atoms with E-state index in [1.54, 1.807) is 27.4 Å². The van der Waals surface area contributed by atoms with Gasteiger partial charge in [-0.25, -0.2) is 0 Å². The Morgan fingerprint density at radius 2 is 0.766 bits per heavy atom. The van der Waals surface area contributed by atoms with E-state index in [1.165, 1.54) is 0 Å². The maximum Gasteiger partial charge on any atom is 0.171 e. The first-order valence-electron chi connectivity index (χ1n) is 15.2. The minimum atomic E-state index is -3.62. The van der Waals surface area contributed by atoms with E-state index in [2.05, 4.69) is 0 Å². The molecule has 0 saturated carbocycles. The smallest absolute Gasteiger partial charge is 0.171 e. The van der Waals surface area contributed by atoms with Crippen LogP contribution in [0.3, 0.4) is 0 Å². The molecule has 47 heavy (non-hydrogen) atoms. The van der Waals surface area contributed by atoms with Crippen LogP contribution >= 0.6 is 14.3 Å². The summed E-state index contributed by atoms with van der Waals surface area (Å²) in [4.78, 5) is 0. The van der Waals surface area contributed by atoms with Gasteiger partial charge in [-0.3, -0.25) is 0 Å². The summed E-state index contributed by atoms with van der Waals surface area (Å²) in [6.07, 6.45) is 0. The van der Waals surface area contributed by atoms with Gasteiger partial charge in [0.25, 0.3) is 0 Å². The normalized spacial score (nSPS) is 11.6. The lowest BCUT2D eigenvalue weighted by molar-refractivity contribution is 0.395. The second-order valence-electron chi connectivity index (χ2n) is 11.1. The number of ether oxygens (including phenoxy) is 3. The van der Waals surface area contributed by atoms with Crippen LogP contribution in [0.25, 0.3) is 11.1 Å². The molecule has 0 N–H and O–H groups in total. The first-order chi connectivity index (χ1) is 22.9. The fraction of sp³-hybridized carbons (Fsp3) is 0.100. The lowest BCUT2D eigenvalue weighted by Gasteiger charge is -2.29. The standard InChI is InChI=1S/C40H36O5P2/c1-29-25-35(44-3)39(37(26-29)46(41,31-17-9-5-10-18-31)32-19-11-6-12-20-32)40-36(45-4)27-30(43-2)28-38(40)47(42,33-21-13-7-14-22-33)34-23-15-8-16-24-34/h5-28H,1-4H3. The predicted molar refractivity (Wildman–Crippen MR) is 195 cm³/mol. The fourth-order valence-corrected chi connectivity index (χ4v) is 12.0. The van der Waals surface area contributed by atoms with E-state index in [1.807, 2.05) is 146 Å². The Morgan fingerprint density at radius 1 is 0.426 bits per heavy atom. The van der Waals surface area contributed by atoms with Crippen molar-refractivity contribution in [3.05, 3.63) is 151 Å². The van der Waals surface area contributed by atoms with Crippen LogP contribution in [-0.2, 0) is 9.13 Å². The van der Waals surface area contributed by atoms with E-state index >= 15 is 9.13 Å². The lowest BCUT2D eigenvalue weighted by Crippen LogP contribution is -2.30. The highest BCUT2D eigenvalue weighted by Crippen LogP contribution is 2.53. The molecule has 0 fully saturated rings. The first-order valence-corrected chi connectivity index (χ1v) is 18.7. The molecule has 0 heterocycles. The SMILES string of the molecule is COc1cc(OC)c(-c2c(OC)cc(C)cc2P(=O)(c2ccccc2)c2ccccc2)c(P(=O)(c2ccccc2)c2ccccc2)c1. The molecular weight excluding hydrogens is 622 g/mol. The van der Waals surface area contributed by atoms with Crippen molar-refractivity contribution in [2.45, 2.75) is 6.92 Å². The van der Waals surface area contributed by atoms with Crippen molar-refractivity contribution in [1.29, 1.82) is 0 Å². The summed E-state index contributed by atoms with van der Waals surface area (Å²) in [5.41, 5.74) is 1.95. The van der Waals surface area contributed by atoms with Gasteiger partial charge < -0.3 is 23.3 Å². The molecule has 0 aliphatic carbocycles. The molecule has 0 aliphatic rings. The minimum Gasteiger partial charge on any atom is -0.497 e. The van der Waals surface area contributed by atoms with Gasteiger partial charge in [-0.05, 0) is 30.7 Å². The Hall–Kier alpha value is -4.82. The maximum absolute atomic E-state index is 16.1. The summed E-state index contributed by atoms with van der Waals surface area (Å²) < 4.78 is 50.2. The van der Waals surface area contributed by atoms with Crippen molar-refractivity contribution >= 4 is 46.1 Å². The van der Waals surface area contributed by atoms with Crippen LogP contribution in [0.4, 0.5) is 0 Å². The summed E-state index contributed by atoms with van der Waals surface area (Å²) in [6.45, 7) is 1.96. The van der Waals surface area contributed by atoms with Crippen LogP contribution in [0.1, 0.15) is 5.56 Å². The van der Waals surface area contributed by atoms with Crippen molar-refractivity contribution in [2.75, 3.05) is 21.3 Å². The Morgan fingerprint density at radius 3 is 1.11 bits per heavy atom. The molecule has 0 aliphatic heterocycles. The highest BCUT2D eigenvalue weighted by atomic mass is 31.2. The number of rotatable bonds is 10. The van der Waals surface area contributed by atoms with Crippen LogP contribution in [0.15, 0.2) is 146 Å². The zero-order chi connectivity index (χ0) is 33.0. The number of methoxy groups -OCH3 is 3. The zero-order valence-electron chi connectivity index (χ0n) is 26.8. The van der Waals surface area contributed by atoms with E-state index in [0.29, 0.717) is 60.2 Å². The van der Waals surface area contributed by atoms with Gasteiger partial charge in [0.05, 0.1) is 21.3 Å². The van der Waals surface area contributed by atoms with Crippen molar-refractivity contribution in [1.82, 2.24) is 0 Å². The van der Waals surface area contributed by atoms with Crippen LogP contribution in [0.5, 0.6) is 17.2 Å². The Kier molecular flexibility index (Phi) is 9.23. The van der Waals surface area contributed by atoms with Crippen LogP contribution < -0.4 is 46.0 Å². The van der Waals surface area contributed by atoms with E-state index < -0.39 is 14.3 Å². The van der Waals surface area contributed by atoms with E-state index in [-0.39, 0.29) is 0 Å². The number of aryl methyl sites for hydroxylation is 1. The Labute approximate surface area is 276 Å². The van der Waals surface area contributed by atoms with E-state index in [4.69, 9.17) is 14.2 Å². The van der Waals surface area contributed by atoms with Crippen molar-refractivity contribution < 1.29 is 23.3 Å². The van der Waals surface area contributed by atoms with Gasteiger partial charge in [0.1, 0.15) is 17.2 Å². The summed E-state index contributed by atoms with van der Waals surface area (Å²) in [7, 11) is -2.44. The molecule has 0 spiro atoms. The van der Waals surface area contributed by atoms with Crippen LogP contribution in [-0.4, -0.2) is 21.3 Å². The molecule has 0 atom stereocenters. The summed E-state index contributed by atoms with van der Waals surface area (Å²) in [5.74, 6) is 1.39. The topological polar surface area (TPSA) is 61.8 Å². The highest BCUT2D eigenvalue weighted by Gasteiger charge is 2.40. The second kappa shape index (κ2) is 13.5. The van der Waals surface area contributed by atoms with Gasteiger partial charge in [-0.2, -0.15) is 0 Å². The largest absolute Gasteiger partial charge is 0.497 e. The van der Waals surface area contributed by atoms with Gasteiger partial charge in [-0.15, -0.1) is 0 Å². The Bertz CT molecular complexity index is 2010. The van der Waals surface area contributed by atoms with Gasteiger partial charge in [-0.1, -0.05) is 121 Å². The zero-order valence-corrected chi connectivity index (χ0v) is 28.6. The second-order valence-corrected chi connectivity index (χ2v) is 16.6. The van der Waals surface area contributed by atoms with Gasteiger partial charge in [0, 0.05) is 49.0 Å². The maximum atomic E-state index is 16.1. The van der Waals surface area contributed by atoms with Gasteiger partial charge >= 0.3 is 0 Å². The highest BCUT2D eigenvalue weighted by molar-refractivity contribution is 7.86. The Balaban J connectivity index is 1.83. The minimum absolute atomic E-state index is 0.419. The molecule has 6 aromatic rings. The third kappa shape index (κ3) is 5.71. The predicted octanol–water partition coefficient (Wildman–Crippen LogP) is 6.97. The average Bonchev–Trinajstić information content (AvgIpc) is 3.14. The van der Waals surface area contributed by atoms with E-state index in [9.17, 15) is 0 Å². The molecule has 7 heteroatoms. The van der Waals surface area contributed by atoms with Gasteiger partial charge in [0.2, 0.25) is 0 Å². The first kappa shape index (κ1) is 32.1. The number of hydrogen-bond acceptors (Lipinski definition) is 5. The van der Waals surface area contributed by atoms with Crippen molar-refractivity contribution in [2.24, 2.45) is 0 Å². The summed E-state index contributed by atoms with van der Waals surface area (Å²) in [5, 5.41) is 3.67. The van der Waals surface area contributed by atoms with E-state index in [0.717, 1.165) is 5.56 Å². The molecule has 0 unspecified atom stereocenters. The van der Waals surface area contributed by atoms with Crippen LogP contribution in [0.2, 0.25) is 0 Å². The monoisotopic (exact) mass is 658 g/mol. The molecule has 5 nitrogen and oxygen atoms in total. The summed E-state index contributed by atoms with van der Waals surface area (Å²) >= 11 is 0.